The van der Waals surface area contributed by atoms with E-state index in [4.69, 9.17) is 10.5 Å². The van der Waals surface area contributed by atoms with E-state index in [1.807, 2.05) is 24.3 Å². The van der Waals surface area contributed by atoms with Crippen LogP contribution in [0.25, 0.3) is 16.6 Å². The first-order valence-electron chi connectivity index (χ1n) is 8.63. The molecule has 0 saturated carbocycles. The van der Waals surface area contributed by atoms with Crippen molar-refractivity contribution in [2.24, 2.45) is 0 Å². The Labute approximate surface area is 202 Å². The van der Waals surface area contributed by atoms with Crippen molar-refractivity contribution in [3.63, 3.8) is 0 Å². The Morgan fingerprint density at radius 3 is 2.79 bits per heavy atom. The molecule has 145 valence electrons. The summed E-state index contributed by atoms with van der Waals surface area (Å²) >= 11 is 0. The number of carbonyl (C=O) groups is 2. The topological polar surface area (TPSA) is 95.3 Å². The van der Waals surface area contributed by atoms with Gasteiger partial charge in [0.15, 0.2) is 0 Å². The number of rotatable bonds is 4. The van der Waals surface area contributed by atoms with Gasteiger partial charge in [-0.3, -0.25) is 14.7 Å². The van der Waals surface area contributed by atoms with Crippen LogP contribution in [0.4, 0.5) is 20.6 Å². The van der Waals surface area contributed by atoms with Gasteiger partial charge in [-0.25, -0.2) is 9.18 Å². The summed E-state index contributed by atoms with van der Waals surface area (Å²) < 4.78 is 19.5. The van der Waals surface area contributed by atoms with Gasteiger partial charge in [-0.15, -0.1) is 6.54 Å². The summed E-state index contributed by atoms with van der Waals surface area (Å²) in [7, 11) is 0. The average Bonchev–Trinajstić information content (AvgIpc) is 3.08. The molecule has 7 nitrogen and oxygen atoms in total. The van der Waals surface area contributed by atoms with Crippen LogP contribution in [-0.2, 0) is 4.74 Å². The van der Waals surface area contributed by atoms with Crippen molar-refractivity contribution < 1.29 is 62.8 Å². The number of halogens is 1. The van der Waals surface area contributed by atoms with E-state index in [2.05, 4.69) is 10.3 Å². The van der Waals surface area contributed by atoms with E-state index in [0.29, 0.717) is 5.69 Å². The number of aromatic nitrogens is 1. The number of nitrogens with one attached hydrogen (secondary N) is 2. The molecule has 0 aliphatic carbocycles. The monoisotopic (exact) mass is 606 g/mol. The summed E-state index contributed by atoms with van der Waals surface area (Å²) in [6.45, 7) is 0.112. The number of fused-ring (bicyclic) bond motifs is 1. The Morgan fingerprint density at radius 1 is 1.28 bits per heavy atom. The summed E-state index contributed by atoms with van der Waals surface area (Å²) in [5.41, 5.74) is 8.67. The minimum Gasteiger partial charge on any atom is -0.674 e. The molecule has 29 heavy (non-hydrogen) atoms. The molecule has 1 aromatic heterocycles. The first-order valence-corrected chi connectivity index (χ1v) is 8.63. The number of anilines is 2. The third kappa shape index (κ3) is 4.58. The molecule has 9 heteroatoms. The second-order valence-electron chi connectivity index (χ2n) is 6.36. The quantitative estimate of drug-likeness (QED) is 0.486. The molecule has 1 atom stereocenters. The predicted octanol–water partition coefficient (Wildman–Crippen LogP) is 4.00. The first-order chi connectivity index (χ1) is 13.5. The van der Waals surface area contributed by atoms with E-state index < -0.39 is 23.9 Å². The third-order valence-electron chi connectivity index (χ3n) is 4.46. The molecule has 1 saturated heterocycles. The third-order valence-corrected chi connectivity index (χ3v) is 4.46. The van der Waals surface area contributed by atoms with Gasteiger partial charge in [-0.1, -0.05) is 18.2 Å². The van der Waals surface area contributed by atoms with Crippen LogP contribution in [0.15, 0.2) is 54.7 Å². The van der Waals surface area contributed by atoms with Gasteiger partial charge in [-0.2, -0.15) is 0 Å². The van der Waals surface area contributed by atoms with Crippen LogP contribution in [0.1, 0.15) is 10.4 Å². The minimum atomic E-state index is -0.758. The van der Waals surface area contributed by atoms with Crippen LogP contribution in [0.3, 0.4) is 0 Å². The van der Waals surface area contributed by atoms with Gasteiger partial charge in [0.05, 0.1) is 35.2 Å². The fourth-order valence-corrected chi connectivity index (χ4v) is 3.03. The van der Waals surface area contributed by atoms with E-state index in [1.54, 1.807) is 6.07 Å². The van der Waals surface area contributed by atoms with Crippen molar-refractivity contribution in [1.82, 2.24) is 4.98 Å². The van der Waals surface area contributed by atoms with Gasteiger partial charge in [0.25, 0.3) is 5.91 Å². The van der Waals surface area contributed by atoms with E-state index in [1.165, 1.54) is 23.2 Å². The van der Waals surface area contributed by atoms with Crippen molar-refractivity contribution >= 4 is 34.3 Å². The van der Waals surface area contributed by atoms with Crippen LogP contribution in [0, 0.1) is 49.9 Å². The number of hydrogen-bond donors (Lipinski definition) is 1. The molecule has 2 amide bonds. The maximum Gasteiger partial charge on any atom is 0.414 e. The number of para-hydroxylation sites is 1. The van der Waals surface area contributed by atoms with E-state index in [9.17, 15) is 14.0 Å². The van der Waals surface area contributed by atoms with Crippen molar-refractivity contribution in [3.8, 4) is 0 Å². The van der Waals surface area contributed by atoms with Crippen LogP contribution >= 0.6 is 0 Å². The first kappa shape index (κ1) is 21.6. The van der Waals surface area contributed by atoms with E-state index in [-0.39, 0.29) is 68.4 Å². The molecule has 2 aromatic carbocycles. The molecule has 4 rings (SSSR count). The summed E-state index contributed by atoms with van der Waals surface area (Å²) in [5, 5.41) is 3.49. The Bertz CT molecular complexity index is 1080. The van der Waals surface area contributed by atoms with Crippen molar-refractivity contribution in [2.45, 2.75) is 6.10 Å². The molecule has 1 radical (unpaired) electrons. The molecule has 0 spiro atoms. The van der Waals surface area contributed by atoms with Crippen LogP contribution < -0.4 is 10.2 Å². The van der Waals surface area contributed by atoms with Crippen molar-refractivity contribution in [2.75, 3.05) is 23.3 Å². The minimum absolute atomic E-state index is 0. The summed E-state index contributed by atoms with van der Waals surface area (Å²) in [6, 6.07) is 13.1. The van der Waals surface area contributed by atoms with Gasteiger partial charge in [0, 0.05) is 49.4 Å². The largest absolute Gasteiger partial charge is 0.674 e. The molecular weight excluding hydrogens is 590 g/mol. The van der Waals surface area contributed by atoms with Gasteiger partial charge < -0.3 is 15.8 Å². The maximum atomic E-state index is 14.5. The molecule has 0 bridgehead atoms. The smallest absolute Gasteiger partial charge is 0.414 e. The van der Waals surface area contributed by atoms with E-state index >= 15 is 0 Å². The fourth-order valence-electron chi connectivity index (χ4n) is 3.03. The molecule has 1 aliphatic rings. The number of hydrogen-bond acceptors (Lipinski definition) is 4. The number of cyclic esters (lactones) is 1. The summed E-state index contributed by atoms with van der Waals surface area (Å²) in [6.07, 6.45) is 0.336. The maximum absolute atomic E-state index is 14.5. The van der Waals surface area contributed by atoms with E-state index in [0.717, 1.165) is 17.0 Å². The average molecular weight is 606 g/mol. The SMILES string of the molecule is [Ac].[NH-]C[C@H]1CN(c2ccc(C(=O)Nc3cnc4ccccc4c3)c(F)c2)C(=O)O1. The number of ether oxygens (including phenoxy) is 1. The molecule has 0 unspecified atom stereocenters. The second-order valence-corrected chi connectivity index (χ2v) is 6.36. The standard InChI is InChI=1S/C20H16FN4O3.Ac/c21-17-8-14(25-11-15(9-22)28-20(25)27)5-6-16(17)19(26)24-13-7-12-3-1-2-4-18(12)23-10-13;/h1-8,10,15,22H,9,11H2,(H,24,26);/q-1;/t15-;/m0./s1. The number of nitrogens with zero attached hydrogens (tertiary/aromatic N) is 2. The molecule has 2 heterocycles. The molecule has 3 aromatic rings. The number of benzene rings is 2. The zero-order valence-electron chi connectivity index (χ0n) is 15.3. The number of amides is 2. The fraction of sp³-hybridized carbons (Fsp3) is 0.150. The molecule has 1 fully saturated rings. The van der Waals surface area contributed by atoms with Gasteiger partial charge in [0.1, 0.15) is 11.9 Å². The zero-order valence-corrected chi connectivity index (χ0v) is 20.0. The van der Waals surface area contributed by atoms with Gasteiger partial charge in [-0.05, 0) is 30.3 Å². The molecular formula is C20H16AcFN4O3-. The number of carbonyl (C=O) groups excluding carboxylic acids is 2. The van der Waals surface area contributed by atoms with Crippen LogP contribution in [-0.4, -0.2) is 36.2 Å². The number of pyridine rings is 1. The Hall–Kier alpha value is -2.08. The van der Waals surface area contributed by atoms with Gasteiger partial charge in [0.2, 0.25) is 0 Å². The molecule has 1 aliphatic heterocycles. The summed E-state index contributed by atoms with van der Waals surface area (Å²) in [5.74, 6) is -1.37. The Morgan fingerprint density at radius 2 is 2.07 bits per heavy atom. The normalized spacial score (nSPS) is 15.7. The summed E-state index contributed by atoms with van der Waals surface area (Å²) in [4.78, 5) is 29.8. The van der Waals surface area contributed by atoms with Crippen LogP contribution in [0.5, 0.6) is 0 Å². The Balaban J connectivity index is 0.00000240. The molecule has 2 N–H and O–H groups in total. The zero-order chi connectivity index (χ0) is 19.7. The van der Waals surface area contributed by atoms with Crippen molar-refractivity contribution in [3.05, 3.63) is 71.8 Å². The van der Waals surface area contributed by atoms with Crippen molar-refractivity contribution in [1.29, 1.82) is 0 Å². The van der Waals surface area contributed by atoms with Gasteiger partial charge >= 0.3 is 6.09 Å². The van der Waals surface area contributed by atoms with Crippen LogP contribution in [0.2, 0.25) is 0 Å². The predicted molar refractivity (Wildman–Crippen MR) is 103 cm³/mol. The Kier molecular flexibility index (Phi) is 6.83. The second kappa shape index (κ2) is 9.16.